The maximum absolute atomic E-state index is 12.9. The number of carbonyl (C=O) groups excluding carboxylic acids is 1. The summed E-state index contributed by atoms with van der Waals surface area (Å²) in [6.07, 6.45) is 3.37. The van der Waals surface area contributed by atoms with Gasteiger partial charge in [-0.15, -0.1) is 0 Å². The molecule has 0 radical (unpaired) electrons. The molecule has 2 aromatic rings. The van der Waals surface area contributed by atoms with E-state index in [-0.39, 0.29) is 36.5 Å². The van der Waals surface area contributed by atoms with Crippen molar-refractivity contribution < 1.29 is 33.2 Å². The largest absolute Gasteiger partial charge is 1.00 e. The fraction of sp³-hybridized carbons (Fsp3) is 0.231. The summed E-state index contributed by atoms with van der Waals surface area (Å²) in [6, 6.07) is 6.09. The Balaban J connectivity index is 0.00000133. The van der Waals surface area contributed by atoms with Gasteiger partial charge in [-0.1, -0.05) is 0 Å². The van der Waals surface area contributed by atoms with E-state index in [1.54, 1.807) is 16.7 Å². The van der Waals surface area contributed by atoms with E-state index in [2.05, 4.69) is 4.98 Å². The Hall–Kier alpha value is -1.57. The summed E-state index contributed by atoms with van der Waals surface area (Å²) in [5.74, 6) is -1.66. The van der Waals surface area contributed by atoms with E-state index >= 15 is 0 Å². The van der Waals surface area contributed by atoms with Crippen LogP contribution in [0.15, 0.2) is 30.5 Å². The number of carboxylic acids is 1. The minimum Gasteiger partial charge on any atom is -0.542 e. The van der Waals surface area contributed by atoms with Crippen molar-refractivity contribution in [1.82, 2.24) is 9.55 Å². The summed E-state index contributed by atoms with van der Waals surface area (Å²) in [4.78, 5) is 14.9. The van der Waals surface area contributed by atoms with Crippen LogP contribution in [0.2, 0.25) is 0 Å². The van der Waals surface area contributed by atoms with Crippen LogP contribution in [0.1, 0.15) is 29.5 Å². The Kier molecular flexibility index (Phi) is 3.79. The number of aromatic nitrogens is 2. The molecule has 1 aliphatic carbocycles. The quantitative estimate of drug-likeness (QED) is 0.618. The molecular weight excluding hydrogens is 242 g/mol. The van der Waals surface area contributed by atoms with Crippen molar-refractivity contribution in [3.05, 3.63) is 42.1 Å². The number of carbonyl (C=O) groups is 1. The molecule has 0 atom stereocenters. The molecule has 0 N–H and O–H groups in total. The van der Waals surface area contributed by atoms with Gasteiger partial charge in [-0.2, -0.15) is 0 Å². The molecule has 6 heteroatoms. The number of nitrogens with zero attached hydrogens (tertiary/aromatic N) is 2. The monoisotopic (exact) mass is 252 g/mol. The maximum atomic E-state index is 12.9. The number of halogens is 1. The second-order valence-electron chi connectivity index (χ2n) is 4.36. The standard InChI is InChI=1S/C13H11FN2O2.Li/c14-9-3-1-8(2-4-9)11-7-15-12(13(17)18)16(11)10-5-6-10;/h1-4,7,10H,5-6H2,(H,17,18);/q;+1/p-1. The Bertz CT molecular complexity index is 606. The van der Waals surface area contributed by atoms with E-state index in [0.29, 0.717) is 5.69 Å². The van der Waals surface area contributed by atoms with Gasteiger partial charge in [0, 0.05) is 6.04 Å². The zero-order valence-electron chi connectivity index (χ0n) is 10.5. The minimum absolute atomic E-state index is 0. The van der Waals surface area contributed by atoms with E-state index in [9.17, 15) is 14.3 Å². The first-order valence-electron chi connectivity index (χ1n) is 5.71. The number of benzene rings is 1. The smallest absolute Gasteiger partial charge is 0.542 e. The predicted molar refractivity (Wildman–Crippen MR) is 60.2 cm³/mol. The average Bonchev–Trinajstić information content (AvgIpc) is 3.09. The first-order valence-corrected chi connectivity index (χ1v) is 5.71. The molecule has 1 aliphatic rings. The van der Waals surface area contributed by atoms with Gasteiger partial charge in [-0.05, 0) is 42.7 Å². The van der Waals surface area contributed by atoms with Crippen molar-refractivity contribution in [3.8, 4) is 11.3 Å². The van der Waals surface area contributed by atoms with Crippen LogP contribution >= 0.6 is 0 Å². The fourth-order valence-corrected chi connectivity index (χ4v) is 2.05. The molecule has 1 aromatic carbocycles. The predicted octanol–water partition coefficient (Wildman–Crippen LogP) is -1.61. The molecular formula is C13H10FLiN2O2. The van der Waals surface area contributed by atoms with Crippen LogP contribution in [0.5, 0.6) is 0 Å². The zero-order valence-corrected chi connectivity index (χ0v) is 10.5. The molecule has 0 amide bonds. The summed E-state index contributed by atoms with van der Waals surface area (Å²) in [5, 5.41) is 11.0. The third-order valence-corrected chi connectivity index (χ3v) is 3.03. The molecule has 0 spiro atoms. The molecule has 0 saturated heterocycles. The first kappa shape index (κ1) is 13.8. The number of imidazole rings is 1. The summed E-state index contributed by atoms with van der Waals surface area (Å²) in [5.41, 5.74) is 1.44. The second kappa shape index (κ2) is 5.20. The van der Waals surface area contributed by atoms with Crippen molar-refractivity contribution in [1.29, 1.82) is 0 Å². The average molecular weight is 252 g/mol. The van der Waals surface area contributed by atoms with Crippen molar-refractivity contribution in [3.63, 3.8) is 0 Å². The molecule has 1 aromatic heterocycles. The Morgan fingerprint density at radius 1 is 1.32 bits per heavy atom. The molecule has 0 aliphatic heterocycles. The van der Waals surface area contributed by atoms with Gasteiger partial charge in [0.1, 0.15) is 11.8 Å². The molecule has 0 bridgehead atoms. The van der Waals surface area contributed by atoms with Gasteiger partial charge in [0.25, 0.3) is 0 Å². The second-order valence-corrected chi connectivity index (χ2v) is 4.36. The molecule has 3 rings (SSSR count). The normalized spacial score (nSPS) is 13.9. The van der Waals surface area contributed by atoms with E-state index in [1.165, 1.54) is 18.3 Å². The molecule has 1 heterocycles. The molecule has 92 valence electrons. The van der Waals surface area contributed by atoms with Crippen molar-refractivity contribution in [2.45, 2.75) is 18.9 Å². The molecule has 4 nitrogen and oxygen atoms in total. The Morgan fingerprint density at radius 3 is 2.47 bits per heavy atom. The van der Waals surface area contributed by atoms with Gasteiger partial charge >= 0.3 is 18.9 Å². The van der Waals surface area contributed by atoms with Crippen LogP contribution < -0.4 is 24.0 Å². The van der Waals surface area contributed by atoms with Gasteiger partial charge in [-0.25, -0.2) is 9.37 Å². The van der Waals surface area contributed by atoms with Crippen LogP contribution in [-0.4, -0.2) is 15.5 Å². The van der Waals surface area contributed by atoms with Crippen molar-refractivity contribution in [2.24, 2.45) is 0 Å². The SMILES string of the molecule is O=C([O-])c1ncc(-c2ccc(F)cc2)n1C1CC1.[Li+]. The topological polar surface area (TPSA) is 57.9 Å². The number of aromatic carboxylic acids is 1. The van der Waals surface area contributed by atoms with Crippen LogP contribution in [0, 0.1) is 5.82 Å². The fourth-order valence-electron chi connectivity index (χ4n) is 2.05. The summed E-state index contributed by atoms with van der Waals surface area (Å²) in [6.45, 7) is 0. The van der Waals surface area contributed by atoms with Gasteiger partial charge in [0.2, 0.25) is 0 Å². The summed E-state index contributed by atoms with van der Waals surface area (Å²) >= 11 is 0. The molecule has 1 saturated carbocycles. The van der Waals surface area contributed by atoms with E-state index in [4.69, 9.17) is 0 Å². The van der Waals surface area contributed by atoms with Gasteiger partial charge in [-0.3, -0.25) is 0 Å². The number of hydrogen-bond acceptors (Lipinski definition) is 3. The number of rotatable bonds is 3. The summed E-state index contributed by atoms with van der Waals surface area (Å²) in [7, 11) is 0. The Labute approximate surface area is 121 Å². The molecule has 1 fully saturated rings. The van der Waals surface area contributed by atoms with Gasteiger partial charge < -0.3 is 14.5 Å². The molecule has 19 heavy (non-hydrogen) atoms. The third-order valence-electron chi connectivity index (χ3n) is 3.03. The molecule has 0 unspecified atom stereocenters. The maximum Gasteiger partial charge on any atom is 1.00 e. The Morgan fingerprint density at radius 2 is 1.95 bits per heavy atom. The van der Waals surface area contributed by atoms with Gasteiger partial charge in [0.15, 0.2) is 5.82 Å². The van der Waals surface area contributed by atoms with Crippen LogP contribution in [0.4, 0.5) is 4.39 Å². The van der Waals surface area contributed by atoms with Crippen LogP contribution in [0.25, 0.3) is 11.3 Å². The number of hydrogen-bond donors (Lipinski definition) is 0. The zero-order chi connectivity index (χ0) is 12.7. The van der Waals surface area contributed by atoms with Crippen LogP contribution in [-0.2, 0) is 0 Å². The van der Waals surface area contributed by atoms with Crippen molar-refractivity contribution in [2.75, 3.05) is 0 Å². The van der Waals surface area contributed by atoms with E-state index < -0.39 is 5.97 Å². The first-order chi connectivity index (χ1) is 8.66. The van der Waals surface area contributed by atoms with E-state index in [0.717, 1.165) is 18.4 Å². The van der Waals surface area contributed by atoms with E-state index in [1.807, 2.05) is 0 Å². The summed E-state index contributed by atoms with van der Waals surface area (Å²) < 4.78 is 14.5. The van der Waals surface area contributed by atoms with Crippen molar-refractivity contribution >= 4 is 5.97 Å². The third kappa shape index (κ3) is 2.58. The number of carboxylic acid groups (broad SMARTS) is 1. The minimum atomic E-state index is -1.28. The van der Waals surface area contributed by atoms with Crippen LogP contribution in [0.3, 0.4) is 0 Å². The van der Waals surface area contributed by atoms with Gasteiger partial charge in [0.05, 0.1) is 11.9 Å².